The molecule has 1 aromatic carbocycles. The molecule has 2 aliphatic rings. The van der Waals surface area contributed by atoms with E-state index in [-0.39, 0.29) is 24.0 Å². The van der Waals surface area contributed by atoms with Crippen LogP contribution in [0, 0.1) is 5.92 Å². The van der Waals surface area contributed by atoms with Gasteiger partial charge in [0.05, 0.1) is 25.3 Å². The lowest BCUT2D eigenvalue weighted by Gasteiger charge is -2.32. The summed E-state index contributed by atoms with van der Waals surface area (Å²) in [5.41, 5.74) is 1.19. The minimum absolute atomic E-state index is 0.0441. The van der Waals surface area contributed by atoms with Gasteiger partial charge >= 0.3 is 6.03 Å². The van der Waals surface area contributed by atoms with Crippen LogP contribution in [-0.4, -0.2) is 67.8 Å². The van der Waals surface area contributed by atoms with Crippen LogP contribution in [0.2, 0.25) is 0 Å². The van der Waals surface area contributed by atoms with E-state index in [4.69, 9.17) is 21.1 Å². The van der Waals surface area contributed by atoms with Crippen LogP contribution in [0.4, 0.5) is 4.79 Å². The van der Waals surface area contributed by atoms with E-state index >= 15 is 0 Å². The summed E-state index contributed by atoms with van der Waals surface area (Å²) in [4.78, 5) is 23.5. The van der Waals surface area contributed by atoms with Crippen LogP contribution in [0.5, 0.6) is 5.75 Å². The van der Waals surface area contributed by atoms with Crippen LogP contribution in [0.3, 0.4) is 0 Å². The molecule has 1 aromatic rings. The number of hydrogen-bond acceptors (Lipinski definition) is 5. The van der Waals surface area contributed by atoms with Gasteiger partial charge in [-0.1, -0.05) is 18.6 Å². The summed E-state index contributed by atoms with van der Waals surface area (Å²) in [6.07, 6.45) is 4.29. The normalized spacial score (nSPS) is 22.0. The Hall–Kier alpha value is -1.64. The molecule has 3 atom stereocenters. The second-order valence-electron chi connectivity index (χ2n) is 8.19. The van der Waals surface area contributed by atoms with E-state index in [0.717, 1.165) is 42.9 Å². The second kappa shape index (κ2) is 13.8. The average Bonchev–Trinajstić information content (AvgIpc) is 3.18. The predicted octanol–water partition coefficient (Wildman–Crippen LogP) is 2.95. The number of halogens is 1. The number of ether oxygens (including phenoxy) is 2. The lowest BCUT2D eigenvalue weighted by molar-refractivity contribution is -0.121. The fourth-order valence-corrected chi connectivity index (χ4v) is 5.66. The number of alkyl halides is 1. The Balaban J connectivity index is 1.15. The van der Waals surface area contributed by atoms with Gasteiger partial charge in [0.25, 0.3) is 0 Å². The van der Waals surface area contributed by atoms with Gasteiger partial charge in [-0.05, 0) is 48.6 Å². The number of thioether (sulfide) groups is 1. The maximum atomic E-state index is 12.0. The number of carbonyl (C=O) groups is 2. The van der Waals surface area contributed by atoms with Crippen molar-refractivity contribution in [1.29, 1.82) is 0 Å². The Morgan fingerprint density at radius 1 is 1.12 bits per heavy atom. The summed E-state index contributed by atoms with van der Waals surface area (Å²) in [5, 5.41) is 8.95. The van der Waals surface area contributed by atoms with Crippen molar-refractivity contribution in [1.82, 2.24) is 16.0 Å². The van der Waals surface area contributed by atoms with Crippen molar-refractivity contribution < 1.29 is 19.1 Å². The first-order valence-electron chi connectivity index (χ1n) is 11.4. The fraction of sp³-hybridized carbons (Fsp3) is 0.652. The Morgan fingerprint density at radius 3 is 2.78 bits per heavy atom. The summed E-state index contributed by atoms with van der Waals surface area (Å²) in [7, 11) is 0. The van der Waals surface area contributed by atoms with Gasteiger partial charge in [0.1, 0.15) is 12.4 Å². The highest BCUT2D eigenvalue weighted by Gasteiger charge is 2.39. The molecule has 178 valence electrons. The van der Waals surface area contributed by atoms with Crippen molar-refractivity contribution in [2.75, 3.05) is 43.8 Å². The molecular formula is C23H34ClN3O4S. The van der Waals surface area contributed by atoms with Crippen LogP contribution in [0.15, 0.2) is 24.3 Å². The molecule has 0 bridgehead atoms. The van der Waals surface area contributed by atoms with Gasteiger partial charge in [-0.25, -0.2) is 4.79 Å². The van der Waals surface area contributed by atoms with Gasteiger partial charge < -0.3 is 25.4 Å². The minimum Gasteiger partial charge on any atom is -0.491 e. The van der Waals surface area contributed by atoms with Gasteiger partial charge in [0.2, 0.25) is 5.91 Å². The first kappa shape index (κ1) is 25.0. The highest BCUT2D eigenvalue weighted by Crippen LogP contribution is 2.29. The van der Waals surface area contributed by atoms with Crippen LogP contribution in [-0.2, 0) is 16.0 Å². The first-order valence-corrected chi connectivity index (χ1v) is 13.1. The zero-order valence-corrected chi connectivity index (χ0v) is 20.0. The lowest BCUT2D eigenvalue weighted by Crippen LogP contribution is -2.45. The van der Waals surface area contributed by atoms with Crippen molar-refractivity contribution in [2.24, 2.45) is 5.92 Å². The molecule has 3 rings (SSSR count). The Labute approximate surface area is 199 Å². The van der Waals surface area contributed by atoms with E-state index in [1.165, 1.54) is 5.56 Å². The monoisotopic (exact) mass is 483 g/mol. The van der Waals surface area contributed by atoms with Crippen molar-refractivity contribution in [2.45, 2.75) is 44.2 Å². The molecule has 3 amide bonds. The quantitative estimate of drug-likeness (QED) is 0.279. The third kappa shape index (κ3) is 8.37. The van der Waals surface area contributed by atoms with E-state index in [0.29, 0.717) is 44.6 Å². The van der Waals surface area contributed by atoms with Crippen LogP contribution in [0.25, 0.3) is 0 Å². The highest BCUT2D eigenvalue weighted by atomic mass is 35.5. The molecule has 2 heterocycles. The van der Waals surface area contributed by atoms with Gasteiger partial charge in [-0.15, -0.1) is 11.6 Å². The van der Waals surface area contributed by atoms with E-state index in [2.05, 4.69) is 16.0 Å². The molecular weight excluding hydrogens is 450 g/mol. The number of nitrogens with one attached hydrogen (secondary N) is 3. The summed E-state index contributed by atoms with van der Waals surface area (Å²) in [6, 6.07) is 8.36. The maximum absolute atomic E-state index is 12.0. The Bertz CT molecular complexity index is 722. The molecule has 2 saturated heterocycles. The van der Waals surface area contributed by atoms with Crippen LogP contribution < -0.4 is 20.7 Å². The van der Waals surface area contributed by atoms with Crippen molar-refractivity contribution in [3.8, 4) is 5.75 Å². The number of benzene rings is 1. The van der Waals surface area contributed by atoms with E-state index in [9.17, 15) is 9.59 Å². The van der Waals surface area contributed by atoms with Crippen molar-refractivity contribution in [3.05, 3.63) is 29.8 Å². The molecule has 2 fully saturated rings. The number of fused-ring (bicyclic) bond motifs is 1. The van der Waals surface area contributed by atoms with E-state index < -0.39 is 0 Å². The second-order valence-corrected chi connectivity index (χ2v) is 9.64. The van der Waals surface area contributed by atoms with Gasteiger partial charge in [-0.3, -0.25) is 4.79 Å². The number of urea groups is 1. The summed E-state index contributed by atoms with van der Waals surface area (Å²) < 4.78 is 11.2. The molecule has 0 aromatic heterocycles. The van der Waals surface area contributed by atoms with Gasteiger partial charge in [0.15, 0.2) is 0 Å². The molecule has 2 aliphatic heterocycles. The largest absolute Gasteiger partial charge is 0.491 e. The SMILES string of the molecule is O=C(CCCCC1CSCC2NC(=O)NC12)NCCOCCOc1ccc(CCCl)cc1. The average molecular weight is 484 g/mol. The maximum Gasteiger partial charge on any atom is 0.315 e. The Morgan fingerprint density at radius 2 is 1.97 bits per heavy atom. The summed E-state index contributed by atoms with van der Waals surface area (Å²) >= 11 is 7.64. The zero-order chi connectivity index (χ0) is 22.6. The fourth-order valence-electron chi connectivity index (χ4n) is 4.08. The number of carbonyl (C=O) groups excluding carboxylic acids is 2. The van der Waals surface area contributed by atoms with Crippen LogP contribution in [0.1, 0.15) is 31.2 Å². The molecule has 3 unspecified atom stereocenters. The molecule has 9 heteroatoms. The van der Waals surface area contributed by atoms with Gasteiger partial charge in [0, 0.05) is 24.6 Å². The molecule has 0 radical (unpaired) electrons. The topological polar surface area (TPSA) is 88.7 Å². The number of unbranched alkanes of at least 4 members (excludes halogenated alkanes) is 1. The predicted molar refractivity (Wildman–Crippen MR) is 129 cm³/mol. The van der Waals surface area contributed by atoms with E-state index in [1.807, 2.05) is 36.0 Å². The van der Waals surface area contributed by atoms with Crippen LogP contribution >= 0.6 is 23.4 Å². The molecule has 32 heavy (non-hydrogen) atoms. The number of hydrogen-bond donors (Lipinski definition) is 3. The zero-order valence-electron chi connectivity index (χ0n) is 18.4. The smallest absolute Gasteiger partial charge is 0.315 e. The van der Waals surface area contributed by atoms with Crippen molar-refractivity contribution >= 4 is 35.3 Å². The lowest BCUT2D eigenvalue weighted by atomic mass is 9.91. The summed E-state index contributed by atoms with van der Waals surface area (Å²) in [6.45, 7) is 1.93. The van der Waals surface area contributed by atoms with Gasteiger partial charge in [-0.2, -0.15) is 11.8 Å². The summed E-state index contributed by atoms with van der Waals surface area (Å²) in [5.74, 6) is 4.04. The minimum atomic E-state index is -0.0441. The Kier molecular flexibility index (Phi) is 10.8. The molecule has 3 N–H and O–H groups in total. The van der Waals surface area contributed by atoms with Crippen molar-refractivity contribution in [3.63, 3.8) is 0 Å². The third-order valence-corrected chi connectivity index (χ3v) is 7.23. The number of rotatable bonds is 14. The first-order chi connectivity index (χ1) is 15.7. The van der Waals surface area contributed by atoms with E-state index in [1.54, 1.807) is 0 Å². The standard InChI is InChI=1S/C23H34ClN3O4S/c24-10-9-17-5-7-19(8-6-17)31-14-13-30-12-11-25-21(28)4-2-1-3-18-15-32-16-20-22(18)27-23(29)26-20/h5-8,18,20,22H,1-4,9-16H2,(H,25,28)(H2,26,27,29). The highest BCUT2D eigenvalue weighted by molar-refractivity contribution is 7.99. The molecule has 0 aliphatic carbocycles. The molecule has 0 spiro atoms. The number of amides is 3. The third-order valence-electron chi connectivity index (χ3n) is 5.79. The number of aryl methyl sites for hydroxylation is 1. The molecule has 7 nitrogen and oxygen atoms in total. The molecule has 0 saturated carbocycles.